The molecule has 14 heavy (non-hydrogen) atoms. The Bertz CT molecular complexity index is 198. The van der Waals surface area contributed by atoms with E-state index in [9.17, 15) is 4.79 Å². The van der Waals surface area contributed by atoms with Gasteiger partial charge in [-0.3, -0.25) is 15.1 Å². The first-order valence-corrected chi connectivity index (χ1v) is 5.07. The smallest absolute Gasteiger partial charge is 0.250 e. The van der Waals surface area contributed by atoms with Crippen molar-refractivity contribution in [1.29, 1.82) is 0 Å². The highest BCUT2D eigenvalue weighted by molar-refractivity contribution is 5.80. The molecule has 5 nitrogen and oxygen atoms in total. The summed E-state index contributed by atoms with van der Waals surface area (Å²) < 4.78 is 0. The Morgan fingerprint density at radius 2 is 2.43 bits per heavy atom. The number of nitrogens with two attached hydrogens (primary N) is 1. The van der Waals surface area contributed by atoms with Gasteiger partial charge in [0.1, 0.15) is 0 Å². The standard InChI is InChI=1S/C9H19N3O2/c1-7(9(14)11-10)12-5-3-2-4-8(12)6-13/h7-8,13H,2-6,10H2,1H3,(H,11,14). The lowest BCUT2D eigenvalue weighted by atomic mass is 10.0. The van der Waals surface area contributed by atoms with Gasteiger partial charge in [-0.15, -0.1) is 0 Å². The molecule has 0 aromatic heterocycles. The molecule has 0 aliphatic carbocycles. The average Bonchev–Trinajstić information content (AvgIpc) is 2.26. The van der Waals surface area contributed by atoms with Gasteiger partial charge in [0, 0.05) is 6.04 Å². The number of carbonyl (C=O) groups excluding carboxylic acids is 1. The first-order chi connectivity index (χ1) is 6.70. The fourth-order valence-electron chi connectivity index (χ4n) is 2.00. The molecule has 0 radical (unpaired) electrons. The van der Waals surface area contributed by atoms with Crippen LogP contribution in [0.2, 0.25) is 0 Å². The molecule has 0 saturated carbocycles. The zero-order valence-corrected chi connectivity index (χ0v) is 8.57. The molecule has 1 aliphatic heterocycles. The second kappa shape index (κ2) is 5.29. The number of hydrogen-bond acceptors (Lipinski definition) is 4. The average molecular weight is 201 g/mol. The number of nitrogens with one attached hydrogen (secondary N) is 1. The number of hydrazine groups is 1. The quantitative estimate of drug-likeness (QED) is 0.318. The number of likely N-dealkylation sites (tertiary alicyclic amines) is 1. The number of aliphatic hydroxyl groups is 1. The minimum Gasteiger partial charge on any atom is -0.395 e. The lowest BCUT2D eigenvalue weighted by molar-refractivity contribution is -0.127. The van der Waals surface area contributed by atoms with E-state index >= 15 is 0 Å². The van der Waals surface area contributed by atoms with E-state index in [-0.39, 0.29) is 24.6 Å². The van der Waals surface area contributed by atoms with Crippen LogP contribution < -0.4 is 11.3 Å². The van der Waals surface area contributed by atoms with Crippen LogP contribution in [0.3, 0.4) is 0 Å². The first-order valence-electron chi connectivity index (χ1n) is 5.07. The Labute approximate surface area is 84.2 Å². The van der Waals surface area contributed by atoms with Gasteiger partial charge < -0.3 is 5.11 Å². The molecule has 2 atom stereocenters. The minimum atomic E-state index is -0.252. The van der Waals surface area contributed by atoms with Crippen LogP contribution in [0, 0.1) is 0 Å². The van der Waals surface area contributed by atoms with E-state index in [1.54, 1.807) is 0 Å². The molecule has 1 fully saturated rings. The first kappa shape index (κ1) is 11.4. The molecule has 5 heteroatoms. The lowest BCUT2D eigenvalue weighted by Gasteiger charge is -2.37. The monoisotopic (exact) mass is 201 g/mol. The van der Waals surface area contributed by atoms with E-state index in [1.165, 1.54) is 0 Å². The zero-order valence-electron chi connectivity index (χ0n) is 8.57. The van der Waals surface area contributed by atoms with Crippen molar-refractivity contribution in [3.8, 4) is 0 Å². The summed E-state index contributed by atoms with van der Waals surface area (Å²) in [7, 11) is 0. The van der Waals surface area contributed by atoms with Gasteiger partial charge in [-0.25, -0.2) is 5.84 Å². The second-order valence-corrected chi connectivity index (χ2v) is 3.75. The predicted octanol–water partition coefficient (Wildman–Crippen LogP) is -0.788. The predicted molar refractivity (Wildman–Crippen MR) is 53.2 cm³/mol. The van der Waals surface area contributed by atoms with Crippen molar-refractivity contribution in [2.45, 2.75) is 38.3 Å². The number of nitrogens with zero attached hydrogens (tertiary/aromatic N) is 1. The lowest BCUT2D eigenvalue weighted by Crippen LogP contribution is -2.54. The van der Waals surface area contributed by atoms with Gasteiger partial charge in [0.25, 0.3) is 5.91 Å². The molecule has 0 spiro atoms. The Hall–Kier alpha value is -0.650. The van der Waals surface area contributed by atoms with Crippen molar-refractivity contribution in [1.82, 2.24) is 10.3 Å². The maximum absolute atomic E-state index is 11.3. The summed E-state index contributed by atoms with van der Waals surface area (Å²) in [6.07, 6.45) is 3.16. The molecule has 1 rings (SSSR count). The van der Waals surface area contributed by atoms with Crippen molar-refractivity contribution < 1.29 is 9.90 Å². The van der Waals surface area contributed by atoms with Crippen LogP contribution in [0.4, 0.5) is 0 Å². The maximum atomic E-state index is 11.3. The van der Waals surface area contributed by atoms with Crippen molar-refractivity contribution >= 4 is 5.91 Å². The molecule has 1 amide bonds. The molecule has 4 N–H and O–H groups in total. The Kier molecular flexibility index (Phi) is 4.31. The van der Waals surface area contributed by atoms with Crippen molar-refractivity contribution in [3.05, 3.63) is 0 Å². The summed E-state index contributed by atoms with van der Waals surface area (Å²) in [6, 6.07) is -0.145. The largest absolute Gasteiger partial charge is 0.395 e. The van der Waals surface area contributed by atoms with Crippen LogP contribution in [-0.4, -0.2) is 41.1 Å². The summed E-state index contributed by atoms with van der Waals surface area (Å²) in [5, 5.41) is 9.16. The number of amides is 1. The molecule has 1 heterocycles. The highest BCUT2D eigenvalue weighted by atomic mass is 16.3. The Morgan fingerprint density at radius 3 is 3.00 bits per heavy atom. The summed E-state index contributed by atoms with van der Waals surface area (Å²) in [4.78, 5) is 13.3. The fourth-order valence-corrected chi connectivity index (χ4v) is 2.00. The third-order valence-corrected chi connectivity index (χ3v) is 2.90. The van der Waals surface area contributed by atoms with Gasteiger partial charge in [-0.05, 0) is 26.3 Å². The normalized spacial score (nSPS) is 25.8. The number of rotatable bonds is 3. The van der Waals surface area contributed by atoms with Gasteiger partial charge in [0.2, 0.25) is 0 Å². The van der Waals surface area contributed by atoms with Crippen LogP contribution in [0.1, 0.15) is 26.2 Å². The van der Waals surface area contributed by atoms with E-state index in [1.807, 2.05) is 11.8 Å². The molecule has 1 saturated heterocycles. The van der Waals surface area contributed by atoms with Gasteiger partial charge in [-0.1, -0.05) is 6.42 Å². The zero-order chi connectivity index (χ0) is 10.6. The van der Waals surface area contributed by atoms with Crippen molar-refractivity contribution in [3.63, 3.8) is 0 Å². The number of hydrogen-bond donors (Lipinski definition) is 3. The Morgan fingerprint density at radius 1 is 1.71 bits per heavy atom. The molecule has 0 aromatic rings. The number of carbonyl (C=O) groups is 1. The molecule has 0 aromatic carbocycles. The van der Waals surface area contributed by atoms with Gasteiger partial charge in [-0.2, -0.15) is 0 Å². The highest BCUT2D eigenvalue weighted by Gasteiger charge is 2.29. The van der Waals surface area contributed by atoms with Crippen LogP contribution in [0.15, 0.2) is 0 Å². The molecular formula is C9H19N3O2. The second-order valence-electron chi connectivity index (χ2n) is 3.75. The van der Waals surface area contributed by atoms with Crippen LogP contribution in [-0.2, 0) is 4.79 Å². The third kappa shape index (κ3) is 2.43. The topological polar surface area (TPSA) is 78.6 Å². The summed E-state index contributed by atoms with van der Waals surface area (Å²) in [6.45, 7) is 2.79. The minimum absolute atomic E-state index is 0.107. The maximum Gasteiger partial charge on any atom is 0.250 e. The van der Waals surface area contributed by atoms with Gasteiger partial charge in [0.15, 0.2) is 0 Å². The number of piperidine rings is 1. The van der Waals surface area contributed by atoms with Crippen LogP contribution in [0.25, 0.3) is 0 Å². The molecule has 1 aliphatic rings. The van der Waals surface area contributed by atoms with Crippen molar-refractivity contribution in [2.24, 2.45) is 5.84 Å². The van der Waals surface area contributed by atoms with Crippen LogP contribution >= 0.6 is 0 Å². The number of aliphatic hydroxyl groups excluding tert-OH is 1. The van der Waals surface area contributed by atoms with Gasteiger partial charge >= 0.3 is 0 Å². The van der Waals surface area contributed by atoms with E-state index in [2.05, 4.69) is 5.43 Å². The Balaban J connectivity index is 2.58. The van der Waals surface area contributed by atoms with E-state index < -0.39 is 0 Å². The summed E-state index contributed by atoms with van der Waals surface area (Å²) in [5.74, 6) is 4.89. The molecule has 82 valence electrons. The third-order valence-electron chi connectivity index (χ3n) is 2.90. The molecule has 2 unspecified atom stereocenters. The van der Waals surface area contributed by atoms with E-state index in [0.717, 1.165) is 25.8 Å². The van der Waals surface area contributed by atoms with E-state index in [0.29, 0.717) is 0 Å². The summed E-state index contributed by atoms with van der Waals surface area (Å²) >= 11 is 0. The fraction of sp³-hybridized carbons (Fsp3) is 0.889. The van der Waals surface area contributed by atoms with Gasteiger partial charge in [0.05, 0.1) is 12.6 Å². The van der Waals surface area contributed by atoms with Crippen molar-refractivity contribution in [2.75, 3.05) is 13.2 Å². The van der Waals surface area contributed by atoms with Crippen LogP contribution in [0.5, 0.6) is 0 Å². The highest BCUT2D eigenvalue weighted by Crippen LogP contribution is 2.19. The SMILES string of the molecule is CC(C(=O)NN)N1CCCCC1CO. The molecular weight excluding hydrogens is 182 g/mol. The summed E-state index contributed by atoms with van der Waals surface area (Å²) in [5.41, 5.74) is 2.14. The van der Waals surface area contributed by atoms with E-state index in [4.69, 9.17) is 10.9 Å². The molecule has 0 bridgehead atoms.